The minimum Gasteiger partial charge on any atom is -0.508 e. The van der Waals surface area contributed by atoms with Crippen LogP contribution in [0.15, 0.2) is 24.3 Å². The summed E-state index contributed by atoms with van der Waals surface area (Å²) in [6.45, 7) is -0.734. The van der Waals surface area contributed by atoms with Crippen molar-refractivity contribution in [1.82, 2.24) is 5.32 Å². The lowest BCUT2D eigenvalue weighted by atomic mass is 9.91. The summed E-state index contributed by atoms with van der Waals surface area (Å²) in [7, 11) is 0. The molecule has 1 amide bonds. The Kier molecular flexibility index (Phi) is 7.29. The van der Waals surface area contributed by atoms with E-state index in [9.17, 15) is 40.2 Å². The minimum absolute atomic E-state index is 0.0373. The first-order valence-electron chi connectivity index (χ1n) is 8.53. The topological polar surface area (TPSA) is 203 Å². The highest BCUT2D eigenvalue weighted by atomic mass is 16.5. The number of hydrogen-bond donors (Lipinski definition) is 8. The highest BCUT2D eigenvalue weighted by Gasteiger charge is 2.49. The van der Waals surface area contributed by atoms with Gasteiger partial charge in [0.25, 0.3) is 0 Å². The number of hydrogen-bond acceptors (Lipinski definition) is 9. The van der Waals surface area contributed by atoms with E-state index in [4.69, 9.17) is 10.5 Å². The van der Waals surface area contributed by atoms with Gasteiger partial charge in [-0.1, -0.05) is 12.1 Å². The highest BCUT2D eigenvalue weighted by molar-refractivity contribution is 5.87. The molecule has 1 saturated heterocycles. The number of carboxylic acids is 1. The van der Waals surface area contributed by atoms with Gasteiger partial charge in [-0.15, -0.1) is 0 Å². The number of aliphatic hydroxyl groups excluding tert-OH is 4. The summed E-state index contributed by atoms with van der Waals surface area (Å²) in [6, 6.07) is 2.99. The average molecular weight is 400 g/mol. The quantitative estimate of drug-likeness (QED) is 0.229. The number of nitrogens with one attached hydrogen (secondary N) is 1. The molecule has 1 aromatic carbocycles. The van der Waals surface area contributed by atoms with E-state index in [1.54, 1.807) is 12.1 Å². The molecule has 7 atom stereocenters. The second-order valence-corrected chi connectivity index (χ2v) is 6.60. The van der Waals surface area contributed by atoms with Crippen LogP contribution in [0.1, 0.15) is 5.56 Å². The van der Waals surface area contributed by atoms with Crippen LogP contribution in [0.5, 0.6) is 5.75 Å². The van der Waals surface area contributed by atoms with Gasteiger partial charge in [0.2, 0.25) is 5.91 Å². The number of amides is 1. The molecule has 0 aromatic heterocycles. The van der Waals surface area contributed by atoms with Crippen LogP contribution in [0.2, 0.25) is 0 Å². The Labute approximate surface area is 160 Å². The molecule has 11 nitrogen and oxygen atoms in total. The Morgan fingerprint density at radius 3 is 2.25 bits per heavy atom. The van der Waals surface area contributed by atoms with Crippen molar-refractivity contribution in [3.8, 4) is 5.75 Å². The Morgan fingerprint density at radius 1 is 1.11 bits per heavy atom. The fourth-order valence-electron chi connectivity index (χ4n) is 2.93. The summed E-state index contributed by atoms with van der Waals surface area (Å²) in [5, 5.41) is 59.7. The molecule has 1 aliphatic heterocycles. The van der Waals surface area contributed by atoms with Crippen molar-refractivity contribution < 1.29 is 45.0 Å². The van der Waals surface area contributed by atoms with E-state index in [1.165, 1.54) is 12.1 Å². The lowest BCUT2D eigenvalue weighted by Gasteiger charge is -2.42. The van der Waals surface area contributed by atoms with E-state index in [0.29, 0.717) is 5.56 Å². The van der Waals surface area contributed by atoms with E-state index in [1.807, 2.05) is 0 Å². The van der Waals surface area contributed by atoms with Crippen LogP contribution in [-0.2, 0) is 20.7 Å². The third-order valence-corrected chi connectivity index (χ3v) is 4.55. The van der Waals surface area contributed by atoms with E-state index in [-0.39, 0.29) is 12.2 Å². The van der Waals surface area contributed by atoms with E-state index < -0.39 is 61.1 Å². The van der Waals surface area contributed by atoms with Crippen molar-refractivity contribution in [2.45, 2.75) is 49.0 Å². The fraction of sp³-hybridized carbons (Fsp3) is 0.529. The van der Waals surface area contributed by atoms with Gasteiger partial charge in [0.05, 0.1) is 12.6 Å². The maximum absolute atomic E-state index is 12.3. The van der Waals surface area contributed by atoms with Gasteiger partial charge in [-0.05, 0) is 24.1 Å². The average Bonchev–Trinajstić information content (AvgIpc) is 2.66. The molecule has 1 heterocycles. The zero-order valence-corrected chi connectivity index (χ0v) is 14.8. The summed E-state index contributed by atoms with van der Waals surface area (Å²) in [4.78, 5) is 23.9. The number of phenolic OH excluding ortho intramolecular Hbond substituents is 1. The number of ether oxygens (including phenoxy) is 1. The number of aromatic hydroxyl groups is 1. The molecule has 9 N–H and O–H groups in total. The van der Waals surface area contributed by atoms with Gasteiger partial charge in [0.1, 0.15) is 36.3 Å². The molecule has 11 heteroatoms. The molecular weight excluding hydrogens is 376 g/mol. The molecule has 0 bridgehead atoms. The number of rotatable bonds is 7. The van der Waals surface area contributed by atoms with E-state index in [0.717, 1.165) is 0 Å². The molecule has 156 valence electrons. The Morgan fingerprint density at radius 2 is 1.71 bits per heavy atom. The summed E-state index contributed by atoms with van der Waals surface area (Å²) >= 11 is 0. The van der Waals surface area contributed by atoms with Crippen LogP contribution >= 0.6 is 0 Å². The normalized spacial score (nSPS) is 29.7. The molecule has 0 saturated carbocycles. The van der Waals surface area contributed by atoms with Gasteiger partial charge in [-0.3, -0.25) is 4.79 Å². The van der Waals surface area contributed by atoms with Crippen molar-refractivity contribution in [3.63, 3.8) is 0 Å². The highest BCUT2D eigenvalue weighted by Crippen LogP contribution is 2.23. The lowest BCUT2D eigenvalue weighted by Crippen LogP contribution is -2.66. The van der Waals surface area contributed by atoms with E-state index >= 15 is 0 Å². The van der Waals surface area contributed by atoms with Crippen LogP contribution in [0, 0.1) is 0 Å². The SMILES string of the molecule is N[C@@H](Cc1ccc(O)cc1)C(=O)NC(C(=O)O)[C@@H]1O[C@H](CO)[C@H](O)[C@H](O)[C@H]1O. The van der Waals surface area contributed by atoms with Crippen LogP contribution < -0.4 is 11.1 Å². The zero-order chi connectivity index (χ0) is 21.0. The summed E-state index contributed by atoms with van der Waals surface area (Å²) in [5.41, 5.74) is 6.43. The summed E-state index contributed by atoms with van der Waals surface area (Å²) < 4.78 is 5.19. The lowest BCUT2D eigenvalue weighted by molar-refractivity contribution is -0.236. The maximum Gasteiger partial charge on any atom is 0.329 e. The Hall–Kier alpha value is -2.28. The number of carboxylic acid groups (broad SMARTS) is 1. The molecule has 0 spiro atoms. The van der Waals surface area contributed by atoms with Gasteiger partial charge in [0, 0.05) is 0 Å². The van der Waals surface area contributed by atoms with E-state index in [2.05, 4.69) is 5.32 Å². The van der Waals surface area contributed by atoms with Crippen LogP contribution in [0.25, 0.3) is 0 Å². The number of phenols is 1. The van der Waals surface area contributed by atoms with Crippen LogP contribution in [-0.4, -0.2) is 91.7 Å². The monoisotopic (exact) mass is 400 g/mol. The van der Waals surface area contributed by atoms with Gasteiger partial charge < -0.3 is 46.4 Å². The smallest absolute Gasteiger partial charge is 0.329 e. The number of nitrogens with two attached hydrogens (primary N) is 1. The Balaban J connectivity index is 2.09. The van der Waals surface area contributed by atoms with Crippen LogP contribution in [0.3, 0.4) is 0 Å². The summed E-state index contributed by atoms with van der Waals surface area (Å²) in [6.07, 6.45) is -8.15. The van der Waals surface area contributed by atoms with Crippen molar-refractivity contribution >= 4 is 11.9 Å². The first-order valence-corrected chi connectivity index (χ1v) is 8.53. The molecule has 0 aliphatic carbocycles. The maximum atomic E-state index is 12.3. The van der Waals surface area contributed by atoms with Crippen LogP contribution in [0.4, 0.5) is 0 Å². The predicted molar refractivity (Wildman–Crippen MR) is 93.1 cm³/mol. The van der Waals surface area contributed by atoms with Gasteiger partial charge in [-0.2, -0.15) is 0 Å². The summed E-state index contributed by atoms with van der Waals surface area (Å²) in [5.74, 6) is -2.37. The number of carbonyl (C=O) groups excluding carboxylic acids is 1. The van der Waals surface area contributed by atoms with Crippen molar-refractivity contribution in [2.75, 3.05) is 6.61 Å². The number of aliphatic carboxylic acids is 1. The molecule has 0 radical (unpaired) electrons. The van der Waals surface area contributed by atoms with Crippen molar-refractivity contribution in [2.24, 2.45) is 5.73 Å². The molecular formula is C17H24N2O9. The number of aliphatic hydroxyl groups is 4. The minimum atomic E-state index is -1.83. The number of benzene rings is 1. The third kappa shape index (κ3) is 4.95. The van der Waals surface area contributed by atoms with Crippen molar-refractivity contribution in [1.29, 1.82) is 0 Å². The predicted octanol–water partition coefficient (Wildman–Crippen LogP) is -3.33. The first-order chi connectivity index (χ1) is 13.1. The molecule has 1 aliphatic rings. The second kappa shape index (κ2) is 9.28. The Bertz CT molecular complexity index is 682. The van der Waals surface area contributed by atoms with Gasteiger partial charge in [-0.25, -0.2) is 4.79 Å². The largest absolute Gasteiger partial charge is 0.508 e. The molecule has 1 aromatic rings. The fourth-order valence-corrected chi connectivity index (χ4v) is 2.93. The molecule has 1 fully saturated rings. The molecule has 28 heavy (non-hydrogen) atoms. The van der Waals surface area contributed by atoms with Crippen molar-refractivity contribution in [3.05, 3.63) is 29.8 Å². The molecule has 1 unspecified atom stereocenters. The van der Waals surface area contributed by atoms with Gasteiger partial charge in [0.15, 0.2) is 6.04 Å². The second-order valence-electron chi connectivity index (χ2n) is 6.60. The first kappa shape index (κ1) is 22.0. The standard InChI is InChI=1S/C17H24N2O9/c18-9(5-7-1-3-8(21)4-2-7)16(25)19-11(17(26)27)15-14(24)13(23)12(22)10(6-20)28-15/h1-4,9-15,20-24H,5-6,18H2,(H,19,25)(H,26,27)/t9-,10+,11?,12-,13-,14+,15-/m0/s1. The van der Waals surface area contributed by atoms with Gasteiger partial charge >= 0.3 is 5.97 Å². The molecule has 2 rings (SSSR count). The number of carbonyl (C=O) groups is 2. The third-order valence-electron chi connectivity index (χ3n) is 4.55. The zero-order valence-electron chi connectivity index (χ0n) is 14.8.